The zero-order valence-corrected chi connectivity index (χ0v) is 12.1. The van der Waals surface area contributed by atoms with Gasteiger partial charge >= 0.3 is 0 Å². The molecule has 2 rings (SSSR count). The Bertz CT molecular complexity index is 610. The van der Waals surface area contributed by atoms with Crippen molar-refractivity contribution in [2.75, 3.05) is 6.54 Å². The second-order valence-corrected chi connectivity index (χ2v) is 6.95. The number of benzene rings is 1. The molecule has 1 unspecified atom stereocenters. The van der Waals surface area contributed by atoms with Crippen LogP contribution >= 0.6 is 0 Å². The van der Waals surface area contributed by atoms with E-state index in [1.807, 2.05) is 26.8 Å². The predicted octanol–water partition coefficient (Wildman–Crippen LogP) is 1.83. The molecule has 1 N–H and O–H groups in total. The van der Waals surface area contributed by atoms with Crippen molar-refractivity contribution < 1.29 is 13.3 Å². The van der Waals surface area contributed by atoms with Gasteiger partial charge in [0, 0.05) is 6.42 Å². The molecule has 0 aromatic heterocycles. The van der Waals surface area contributed by atoms with Crippen LogP contribution in [0, 0.1) is 6.92 Å². The first-order valence-corrected chi connectivity index (χ1v) is 7.57. The van der Waals surface area contributed by atoms with Crippen molar-refractivity contribution in [3.8, 4) is 0 Å². The van der Waals surface area contributed by atoms with Gasteiger partial charge in [-0.1, -0.05) is 17.3 Å². The van der Waals surface area contributed by atoms with Crippen molar-refractivity contribution in [1.29, 1.82) is 0 Å². The number of oxime groups is 1. The van der Waals surface area contributed by atoms with Crippen LogP contribution < -0.4 is 4.72 Å². The predicted molar refractivity (Wildman–Crippen MR) is 73.6 cm³/mol. The lowest BCUT2D eigenvalue weighted by Crippen LogP contribution is -2.40. The maximum Gasteiger partial charge on any atom is 0.240 e. The minimum atomic E-state index is -3.51. The summed E-state index contributed by atoms with van der Waals surface area (Å²) in [7, 11) is -3.51. The van der Waals surface area contributed by atoms with Crippen molar-refractivity contribution in [2.24, 2.45) is 5.16 Å². The number of rotatable bonds is 4. The topological polar surface area (TPSA) is 67.8 Å². The molecule has 1 aliphatic heterocycles. The van der Waals surface area contributed by atoms with Crippen LogP contribution in [0.3, 0.4) is 0 Å². The third-order valence-electron chi connectivity index (χ3n) is 2.99. The van der Waals surface area contributed by atoms with Gasteiger partial charge in [-0.2, -0.15) is 0 Å². The zero-order valence-electron chi connectivity index (χ0n) is 11.3. The summed E-state index contributed by atoms with van der Waals surface area (Å²) in [5.41, 5.74) is 1.18. The van der Waals surface area contributed by atoms with Gasteiger partial charge in [-0.15, -0.1) is 0 Å². The van der Waals surface area contributed by atoms with Crippen molar-refractivity contribution in [2.45, 2.75) is 37.7 Å². The molecule has 19 heavy (non-hydrogen) atoms. The summed E-state index contributed by atoms with van der Waals surface area (Å²) in [6, 6.07) is 6.80. The van der Waals surface area contributed by atoms with Crippen molar-refractivity contribution in [3.63, 3.8) is 0 Å². The molecule has 104 valence electrons. The third kappa shape index (κ3) is 3.33. The maximum absolute atomic E-state index is 12.2. The number of aryl methyl sites for hydroxylation is 1. The van der Waals surface area contributed by atoms with Gasteiger partial charge < -0.3 is 4.84 Å². The zero-order chi connectivity index (χ0) is 14.1. The molecule has 6 heteroatoms. The molecule has 0 spiro atoms. The van der Waals surface area contributed by atoms with Gasteiger partial charge in [0.15, 0.2) is 5.60 Å². The largest absolute Gasteiger partial charge is 0.388 e. The summed E-state index contributed by atoms with van der Waals surface area (Å²) in [6.45, 7) is 5.76. The molecule has 0 bridgehead atoms. The summed E-state index contributed by atoms with van der Waals surface area (Å²) < 4.78 is 26.9. The van der Waals surface area contributed by atoms with Gasteiger partial charge in [0.1, 0.15) is 0 Å². The molecule has 1 aliphatic rings. The fourth-order valence-electron chi connectivity index (χ4n) is 2.00. The number of hydrogen-bond donors (Lipinski definition) is 1. The SMILES string of the molecule is CC1=NOC(C)(CNS(=O)(=O)c2cccc(C)c2)C1. The molecule has 0 aliphatic carbocycles. The van der Waals surface area contributed by atoms with Crippen molar-refractivity contribution >= 4 is 15.7 Å². The van der Waals surface area contributed by atoms with E-state index in [4.69, 9.17) is 4.84 Å². The summed E-state index contributed by atoms with van der Waals surface area (Å²) in [5, 5.41) is 3.86. The van der Waals surface area contributed by atoms with E-state index >= 15 is 0 Å². The second-order valence-electron chi connectivity index (χ2n) is 5.19. The number of sulfonamides is 1. The summed E-state index contributed by atoms with van der Waals surface area (Å²) in [5.74, 6) is 0. The van der Waals surface area contributed by atoms with Gasteiger partial charge in [-0.05, 0) is 38.5 Å². The molecule has 1 heterocycles. The highest BCUT2D eigenvalue weighted by atomic mass is 32.2. The van der Waals surface area contributed by atoms with Gasteiger partial charge in [0.2, 0.25) is 10.0 Å². The maximum atomic E-state index is 12.2. The van der Waals surface area contributed by atoms with E-state index < -0.39 is 15.6 Å². The Labute approximate surface area is 113 Å². The number of hydrogen-bond acceptors (Lipinski definition) is 4. The average molecular weight is 282 g/mol. The molecule has 0 saturated heterocycles. The monoisotopic (exact) mass is 282 g/mol. The van der Waals surface area contributed by atoms with E-state index in [0.29, 0.717) is 6.42 Å². The van der Waals surface area contributed by atoms with Gasteiger partial charge in [-0.3, -0.25) is 0 Å². The first-order chi connectivity index (χ1) is 8.81. The first-order valence-electron chi connectivity index (χ1n) is 6.09. The molecule has 0 amide bonds. The van der Waals surface area contributed by atoms with Crippen LogP contribution in [-0.4, -0.2) is 26.3 Å². The minimum Gasteiger partial charge on any atom is -0.388 e. The van der Waals surface area contributed by atoms with Crippen molar-refractivity contribution in [3.05, 3.63) is 29.8 Å². The lowest BCUT2D eigenvalue weighted by Gasteiger charge is -2.21. The minimum absolute atomic E-state index is 0.199. The number of nitrogens with one attached hydrogen (secondary N) is 1. The third-order valence-corrected chi connectivity index (χ3v) is 4.39. The molecule has 5 nitrogen and oxygen atoms in total. The van der Waals surface area contributed by atoms with E-state index in [2.05, 4.69) is 9.88 Å². The van der Waals surface area contributed by atoms with E-state index in [1.54, 1.807) is 18.2 Å². The van der Waals surface area contributed by atoms with Gasteiger partial charge in [-0.25, -0.2) is 13.1 Å². The highest BCUT2D eigenvalue weighted by molar-refractivity contribution is 7.89. The molecule has 0 radical (unpaired) electrons. The summed E-state index contributed by atoms with van der Waals surface area (Å²) in [6.07, 6.45) is 0.628. The Morgan fingerprint density at radius 2 is 2.16 bits per heavy atom. The fraction of sp³-hybridized carbons (Fsp3) is 0.462. The highest BCUT2D eigenvalue weighted by Gasteiger charge is 2.34. The van der Waals surface area contributed by atoms with E-state index in [0.717, 1.165) is 11.3 Å². The van der Waals surface area contributed by atoms with Crippen LogP contribution in [0.1, 0.15) is 25.8 Å². The van der Waals surface area contributed by atoms with E-state index in [-0.39, 0.29) is 11.4 Å². The molecular weight excluding hydrogens is 264 g/mol. The van der Waals surface area contributed by atoms with Crippen LogP contribution in [0.25, 0.3) is 0 Å². The second kappa shape index (κ2) is 4.94. The molecule has 0 saturated carbocycles. The van der Waals surface area contributed by atoms with Gasteiger partial charge in [0.25, 0.3) is 0 Å². The lowest BCUT2D eigenvalue weighted by molar-refractivity contribution is 0.00146. The Hall–Kier alpha value is -1.40. The standard InChI is InChI=1S/C13H18N2O3S/c1-10-5-4-6-12(7-10)19(16,17)14-9-13(3)8-11(2)15-18-13/h4-7,14H,8-9H2,1-3H3. The molecule has 1 atom stereocenters. The Morgan fingerprint density at radius 1 is 1.42 bits per heavy atom. The molecule has 0 fully saturated rings. The Balaban J connectivity index is 2.07. The first kappa shape index (κ1) is 14.0. The smallest absolute Gasteiger partial charge is 0.240 e. The molecule has 1 aromatic rings. The highest BCUT2D eigenvalue weighted by Crippen LogP contribution is 2.23. The van der Waals surface area contributed by atoms with E-state index in [1.165, 1.54) is 0 Å². The van der Waals surface area contributed by atoms with Crippen LogP contribution in [0.4, 0.5) is 0 Å². The molecular formula is C13H18N2O3S. The van der Waals surface area contributed by atoms with Crippen LogP contribution in [0.2, 0.25) is 0 Å². The van der Waals surface area contributed by atoms with Crippen LogP contribution in [-0.2, 0) is 14.9 Å². The average Bonchev–Trinajstić information content (AvgIpc) is 2.68. The lowest BCUT2D eigenvalue weighted by atomic mass is 10.0. The summed E-state index contributed by atoms with van der Waals surface area (Å²) in [4.78, 5) is 5.54. The van der Waals surface area contributed by atoms with E-state index in [9.17, 15) is 8.42 Å². The quantitative estimate of drug-likeness (QED) is 0.916. The Kier molecular flexibility index (Phi) is 3.64. The van der Waals surface area contributed by atoms with Crippen LogP contribution in [0.5, 0.6) is 0 Å². The van der Waals surface area contributed by atoms with Crippen LogP contribution in [0.15, 0.2) is 34.3 Å². The Morgan fingerprint density at radius 3 is 2.74 bits per heavy atom. The normalized spacial score (nSPS) is 23.0. The molecule has 1 aromatic carbocycles. The number of nitrogens with zero attached hydrogens (tertiary/aromatic N) is 1. The fourth-order valence-corrected chi connectivity index (χ4v) is 3.26. The van der Waals surface area contributed by atoms with Gasteiger partial charge in [0.05, 0.1) is 17.2 Å². The summed E-state index contributed by atoms with van der Waals surface area (Å²) >= 11 is 0. The van der Waals surface area contributed by atoms with Crippen molar-refractivity contribution in [1.82, 2.24) is 4.72 Å².